The van der Waals surface area contributed by atoms with Gasteiger partial charge in [-0.15, -0.1) is 0 Å². The Labute approximate surface area is 119 Å². The van der Waals surface area contributed by atoms with E-state index in [0.29, 0.717) is 5.76 Å². The van der Waals surface area contributed by atoms with Gasteiger partial charge in [0.2, 0.25) is 0 Å². The lowest BCUT2D eigenvalue weighted by atomic mass is 9.88. The normalized spacial score (nSPS) is 18.9. The summed E-state index contributed by atoms with van der Waals surface area (Å²) in [5.41, 5.74) is 1.49. The maximum atomic E-state index is 10.4. The molecule has 108 valence electrons. The van der Waals surface area contributed by atoms with Crippen LogP contribution in [0.3, 0.4) is 0 Å². The minimum atomic E-state index is -0.625. The fraction of sp³-hybridized carbons (Fsp3) is 0.529. The van der Waals surface area contributed by atoms with E-state index >= 15 is 0 Å². The van der Waals surface area contributed by atoms with Gasteiger partial charge in [0.05, 0.1) is 0 Å². The Kier molecular flexibility index (Phi) is 2.71. The lowest BCUT2D eigenvalue weighted by Gasteiger charge is -2.23. The maximum absolute atomic E-state index is 10.4. The zero-order valence-electron chi connectivity index (χ0n) is 12.8. The van der Waals surface area contributed by atoms with E-state index in [2.05, 4.69) is 19.9 Å². The highest BCUT2D eigenvalue weighted by atomic mass is 16.5. The van der Waals surface area contributed by atoms with Crippen molar-refractivity contribution in [3.63, 3.8) is 0 Å². The molecule has 1 N–H and O–H groups in total. The number of aliphatic hydroxyl groups excluding tert-OH is 1. The maximum Gasteiger partial charge on any atom is 0.176 e. The van der Waals surface area contributed by atoms with E-state index < -0.39 is 6.10 Å². The van der Waals surface area contributed by atoms with Gasteiger partial charge in [0.25, 0.3) is 0 Å². The summed E-state index contributed by atoms with van der Waals surface area (Å²) in [5.74, 6) is 1.44. The molecule has 0 saturated heterocycles. The first-order chi connectivity index (χ1) is 9.17. The predicted molar refractivity (Wildman–Crippen MR) is 79.0 cm³/mol. The highest BCUT2D eigenvalue weighted by molar-refractivity contribution is 5.86. The number of fused-ring (bicyclic) bond motifs is 3. The van der Waals surface area contributed by atoms with Gasteiger partial charge in [0.15, 0.2) is 11.3 Å². The lowest BCUT2D eigenvalue weighted by molar-refractivity contribution is 0.0445. The van der Waals surface area contributed by atoms with Crippen LogP contribution in [0.4, 0.5) is 0 Å². The van der Waals surface area contributed by atoms with Crippen LogP contribution in [-0.2, 0) is 6.42 Å². The Hall–Kier alpha value is -1.48. The molecule has 3 heteroatoms. The largest absolute Gasteiger partial charge is 0.483 e. The van der Waals surface area contributed by atoms with E-state index in [1.54, 1.807) is 0 Å². The van der Waals surface area contributed by atoms with E-state index in [4.69, 9.17) is 9.15 Å². The zero-order valence-corrected chi connectivity index (χ0v) is 12.8. The fourth-order valence-corrected chi connectivity index (χ4v) is 2.72. The molecule has 0 bridgehead atoms. The molecule has 3 nitrogen and oxygen atoms in total. The summed E-state index contributed by atoms with van der Waals surface area (Å²) in [7, 11) is 0. The van der Waals surface area contributed by atoms with Gasteiger partial charge in [0.1, 0.15) is 17.5 Å². The van der Waals surface area contributed by atoms with Gasteiger partial charge < -0.3 is 14.3 Å². The van der Waals surface area contributed by atoms with Gasteiger partial charge in [-0.2, -0.15) is 0 Å². The van der Waals surface area contributed by atoms with Gasteiger partial charge in [0, 0.05) is 17.4 Å². The van der Waals surface area contributed by atoms with E-state index in [1.165, 1.54) is 5.56 Å². The molecule has 0 aliphatic carbocycles. The monoisotopic (exact) mass is 274 g/mol. The summed E-state index contributed by atoms with van der Waals surface area (Å²) in [4.78, 5) is 0. The van der Waals surface area contributed by atoms with Gasteiger partial charge >= 0.3 is 0 Å². The SMILES string of the molecule is CC1(C)Cc2ccc3cc(C(O)C(C)(C)C)oc3c2O1. The number of hydrogen-bond donors (Lipinski definition) is 1. The minimum absolute atomic E-state index is 0.188. The van der Waals surface area contributed by atoms with Gasteiger partial charge in [-0.1, -0.05) is 32.9 Å². The van der Waals surface area contributed by atoms with Crippen LogP contribution in [0.25, 0.3) is 11.0 Å². The quantitative estimate of drug-likeness (QED) is 0.846. The van der Waals surface area contributed by atoms with Crippen molar-refractivity contribution in [1.29, 1.82) is 0 Å². The first-order valence-corrected chi connectivity index (χ1v) is 7.10. The zero-order chi connectivity index (χ0) is 14.7. The molecule has 1 aliphatic heterocycles. The third-order valence-corrected chi connectivity index (χ3v) is 3.83. The molecule has 0 saturated carbocycles. The molecule has 20 heavy (non-hydrogen) atoms. The van der Waals surface area contributed by atoms with Crippen LogP contribution < -0.4 is 4.74 Å². The Bertz CT molecular complexity index is 659. The topological polar surface area (TPSA) is 42.6 Å². The number of rotatable bonds is 1. The molecule has 0 fully saturated rings. The Morgan fingerprint density at radius 2 is 1.95 bits per heavy atom. The standard InChI is InChI=1S/C17H22O3/c1-16(2,3)15(18)12-8-10-6-7-11-9-17(4,5)20-14(11)13(10)19-12/h6-8,15,18H,9H2,1-5H3. The fourth-order valence-electron chi connectivity index (χ4n) is 2.72. The molecule has 1 aromatic heterocycles. The van der Waals surface area contributed by atoms with Gasteiger partial charge in [-0.05, 0) is 25.3 Å². The Morgan fingerprint density at radius 3 is 2.60 bits per heavy atom. The molecule has 0 spiro atoms. The average Bonchev–Trinajstić information content (AvgIpc) is 2.85. The third-order valence-electron chi connectivity index (χ3n) is 3.83. The van der Waals surface area contributed by atoms with Crippen LogP contribution in [0.2, 0.25) is 0 Å². The number of hydrogen-bond acceptors (Lipinski definition) is 3. The molecular weight excluding hydrogens is 252 g/mol. The van der Waals surface area contributed by atoms with Crippen molar-refractivity contribution in [2.24, 2.45) is 5.41 Å². The number of benzene rings is 1. The number of furan rings is 1. The molecule has 1 aromatic carbocycles. The molecule has 2 heterocycles. The summed E-state index contributed by atoms with van der Waals surface area (Å²) in [5, 5.41) is 11.4. The van der Waals surface area contributed by atoms with E-state index in [-0.39, 0.29) is 11.0 Å². The smallest absolute Gasteiger partial charge is 0.176 e. The summed E-state index contributed by atoms with van der Waals surface area (Å²) < 4.78 is 11.9. The van der Waals surface area contributed by atoms with Crippen LogP contribution in [0.15, 0.2) is 22.6 Å². The van der Waals surface area contributed by atoms with Crippen molar-refractivity contribution >= 4 is 11.0 Å². The van der Waals surface area contributed by atoms with Crippen molar-refractivity contribution in [3.05, 3.63) is 29.5 Å². The second-order valence-corrected chi connectivity index (χ2v) is 7.43. The molecule has 1 unspecified atom stereocenters. The van der Waals surface area contributed by atoms with Crippen molar-refractivity contribution in [3.8, 4) is 5.75 Å². The van der Waals surface area contributed by atoms with Crippen molar-refractivity contribution in [1.82, 2.24) is 0 Å². The van der Waals surface area contributed by atoms with Gasteiger partial charge in [-0.25, -0.2) is 0 Å². The Balaban J connectivity index is 2.10. The number of aliphatic hydroxyl groups is 1. The second-order valence-electron chi connectivity index (χ2n) is 7.43. The third kappa shape index (κ3) is 2.10. The highest BCUT2D eigenvalue weighted by Gasteiger charge is 2.34. The van der Waals surface area contributed by atoms with Crippen LogP contribution in [0, 0.1) is 5.41 Å². The molecule has 1 atom stereocenters. The van der Waals surface area contributed by atoms with Crippen LogP contribution >= 0.6 is 0 Å². The first-order valence-electron chi connectivity index (χ1n) is 7.10. The van der Waals surface area contributed by atoms with Crippen LogP contribution in [-0.4, -0.2) is 10.7 Å². The highest BCUT2D eigenvalue weighted by Crippen LogP contribution is 2.43. The van der Waals surface area contributed by atoms with Gasteiger partial charge in [-0.3, -0.25) is 0 Å². The lowest BCUT2D eigenvalue weighted by Crippen LogP contribution is -2.24. The summed E-state index contributed by atoms with van der Waals surface area (Å²) in [6.07, 6.45) is 0.260. The second kappa shape index (κ2) is 4.01. The van der Waals surface area contributed by atoms with Crippen molar-refractivity contribution in [2.45, 2.75) is 52.7 Å². The Morgan fingerprint density at radius 1 is 1.25 bits per heavy atom. The minimum Gasteiger partial charge on any atom is -0.483 e. The van der Waals surface area contributed by atoms with E-state index in [0.717, 1.165) is 23.1 Å². The molecule has 0 radical (unpaired) electrons. The number of ether oxygens (including phenoxy) is 1. The summed E-state index contributed by atoms with van der Waals surface area (Å²) >= 11 is 0. The van der Waals surface area contributed by atoms with E-state index in [9.17, 15) is 5.11 Å². The molecule has 3 rings (SSSR count). The van der Waals surface area contributed by atoms with Crippen LogP contribution in [0.5, 0.6) is 5.75 Å². The van der Waals surface area contributed by atoms with Crippen LogP contribution in [0.1, 0.15) is 52.0 Å². The average molecular weight is 274 g/mol. The van der Waals surface area contributed by atoms with Crippen molar-refractivity contribution in [2.75, 3.05) is 0 Å². The van der Waals surface area contributed by atoms with Crippen molar-refractivity contribution < 1.29 is 14.3 Å². The molecule has 1 aliphatic rings. The van der Waals surface area contributed by atoms with E-state index in [1.807, 2.05) is 32.9 Å². The first kappa shape index (κ1) is 13.5. The summed E-state index contributed by atoms with van der Waals surface area (Å²) in [6, 6.07) is 6.05. The summed E-state index contributed by atoms with van der Waals surface area (Å²) in [6.45, 7) is 10.1. The predicted octanol–water partition coefficient (Wildman–Crippen LogP) is 4.23. The molecular formula is C17H22O3. The molecule has 2 aromatic rings. The molecule has 0 amide bonds.